The Balaban J connectivity index is 1.84. The monoisotopic (exact) mass is 250 g/mol. The van der Waals surface area contributed by atoms with Crippen molar-refractivity contribution in [3.63, 3.8) is 0 Å². The van der Waals surface area contributed by atoms with E-state index in [1.165, 1.54) is 4.88 Å². The highest BCUT2D eigenvalue weighted by molar-refractivity contribution is 7.11. The number of furan rings is 1. The summed E-state index contributed by atoms with van der Waals surface area (Å²) in [6.45, 7) is 7.18. The molecule has 0 fully saturated rings. The van der Waals surface area contributed by atoms with Crippen LogP contribution in [0.15, 0.2) is 22.8 Å². The fourth-order valence-electron chi connectivity index (χ4n) is 1.81. The fraction of sp³-hybridized carbons (Fsp3) is 0.462. The summed E-state index contributed by atoms with van der Waals surface area (Å²) in [5, 5.41) is 4.64. The molecule has 4 heteroatoms. The second-order valence-electron chi connectivity index (χ2n) is 4.31. The molecule has 0 amide bonds. The summed E-state index contributed by atoms with van der Waals surface area (Å²) >= 11 is 1.77. The van der Waals surface area contributed by atoms with Crippen molar-refractivity contribution >= 4 is 11.3 Å². The average molecular weight is 250 g/mol. The third kappa shape index (κ3) is 3.41. The molecule has 0 aliphatic rings. The van der Waals surface area contributed by atoms with Gasteiger partial charge in [0.1, 0.15) is 5.76 Å². The third-order valence-electron chi connectivity index (χ3n) is 2.70. The van der Waals surface area contributed by atoms with Crippen molar-refractivity contribution in [2.75, 3.05) is 0 Å². The van der Waals surface area contributed by atoms with Gasteiger partial charge in [0, 0.05) is 23.9 Å². The largest absolute Gasteiger partial charge is 0.469 e. The van der Waals surface area contributed by atoms with E-state index in [9.17, 15) is 0 Å². The normalized spacial score (nSPS) is 12.9. The van der Waals surface area contributed by atoms with Gasteiger partial charge in [-0.1, -0.05) is 0 Å². The van der Waals surface area contributed by atoms with Gasteiger partial charge in [-0.25, -0.2) is 4.98 Å². The third-order valence-corrected chi connectivity index (χ3v) is 3.77. The van der Waals surface area contributed by atoms with Crippen molar-refractivity contribution in [2.45, 2.75) is 39.8 Å². The van der Waals surface area contributed by atoms with Crippen molar-refractivity contribution in [2.24, 2.45) is 0 Å². The Morgan fingerprint density at radius 1 is 1.47 bits per heavy atom. The first-order valence-electron chi connectivity index (χ1n) is 5.84. The Kier molecular flexibility index (Phi) is 3.97. The van der Waals surface area contributed by atoms with Crippen LogP contribution in [0.5, 0.6) is 0 Å². The maximum Gasteiger partial charge on any atom is 0.105 e. The standard InChI is InChI=1S/C13H18N2OS/c1-9(7-12-5-4-6-16-12)14-8-13-10(2)15-11(3)17-13/h4-6,9,14H,7-8H2,1-3H3. The average Bonchev–Trinajstić information content (AvgIpc) is 2.86. The van der Waals surface area contributed by atoms with Gasteiger partial charge in [0.25, 0.3) is 0 Å². The topological polar surface area (TPSA) is 38.1 Å². The van der Waals surface area contributed by atoms with Crippen LogP contribution in [0.25, 0.3) is 0 Å². The molecular formula is C13H18N2OS. The van der Waals surface area contributed by atoms with E-state index in [-0.39, 0.29) is 0 Å². The summed E-state index contributed by atoms with van der Waals surface area (Å²) in [7, 11) is 0. The highest BCUT2D eigenvalue weighted by atomic mass is 32.1. The van der Waals surface area contributed by atoms with Crippen LogP contribution in [0.3, 0.4) is 0 Å². The van der Waals surface area contributed by atoms with Crippen LogP contribution < -0.4 is 5.32 Å². The molecule has 3 nitrogen and oxygen atoms in total. The first-order chi connectivity index (χ1) is 8.15. The van der Waals surface area contributed by atoms with E-state index < -0.39 is 0 Å². The van der Waals surface area contributed by atoms with Crippen molar-refractivity contribution in [1.29, 1.82) is 0 Å². The van der Waals surface area contributed by atoms with Gasteiger partial charge in [0.05, 0.1) is 17.0 Å². The molecule has 0 aliphatic carbocycles. The molecule has 92 valence electrons. The lowest BCUT2D eigenvalue weighted by Gasteiger charge is -2.11. The van der Waals surface area contributed by atoms with Crippen LogP contribution in [-0.4, -0.2) is 11.0 Å². The van der Waals surface area contributed by atoms with Crippen LogP contribution in [0.4, 0.5) is 0 Å². The van der Waals surface area contributed by atoms with Gasteiger partial charge >= 0.3 is 0 Å². The van der Waals surface area contributed by atoms with Crippen molar-refractivity contribution in [3.05, 3.63) is 39.7 Å². The molecule has 1 atom stereocenters. The Morgan fingerprint density at radius 3 is 2.88 bits per heavy atom. The Bertz CT molecular complexity index is 462. The molecular weight excluding hydrogens is 232 g/mol. The van der Waals surface area contributed by atoms with E-state index in [4.69, 9.17) is 4.42 Å². The number of aromatic nitrogens is 1. The minimum Gasteiger partial charge on any atom is -0.469 e. The molecule has 0 saturated heterocycles. The molecule has 1 N–H and O–H groups in total. The minimum atomic E-state index is 0.406. The predicted octanol–water partition coefficient (Wildman–Crippen LogP) is 3.07. The summed E-state index contributed by atoms with van der Waals surface area (Å²) in [6.07, 6.45) is 2.64. The van der Waals surface area contributed by atoms with Gasteiger partial charge in [-0.3, -0.25) is 0 Å². The molecule has 17 heavy (non-hydrogen) atoms. The summed E-state index contributed by atoms with van der Waals surface area (Å²) in [4.78, 5) is 5.75. The number of thiazole rings is 1. The molecule has 0 spiro atoms. The van der Waals surface area contributed by atoms with E-state index in [1.807, 2.05) is 19.1 Å². The van der Waals surface area contributed by atoms with Crippen molar-refractivity contribution < 1.29 is 4.42 Å². The smallest absolute Gasteiger partial charge is 0.105 e. The molecule has 0 saturated carbocycles. The highest BCUT2D eigenvalue weighted by Crippen LogP contribution is 2.17. The highest BCUT2D eigenvalue weighted by Gasteiger charge is 2.08. The van der Waals surface area contributed by atoms with E-state index in [0.29, 0.717) is 6.04 Å². The molecule has 0 bridgehead atoms. The zero-order valence-electron chi connectivity index (χ0n) is 10.5. The number of aryl methyl sites for hydroxylation is 2. The summed E-state index contributed by atoms with van der Waals surface area (Å²) in [5.41, 5.74) is 1.14. The van der Waals surface area contributed by atoms with Crippen LogP contribution in [0.1, 0.15) is 28.3 Å². The van der Waals surface area contributed by atoms with Gasteiger partial charge < -0.3 is 9.73 Å². The molecule has 2 aromatic heterocycles. The van der Waals surface area contributed by atoms with E-state index >= 15 is 0 Å². The first-order valence-corrected chi connectivity index (χ1v) is 6.65. The van der Waals surface area contributed by atoms with Gasteiger partial charge in [0.2, 0.25) is 0 Å². The van der Waals surface area contributed by atoms with Crippen molar-refractivity contribution in [1.82, 2.24) is 10.3 Å². The first kappa shape index (κ1) is 12.3. The second kappa shape index (κ2) is 5.47. The van der Waals surface area contributed by atoms with E-state index in [1.54, 1.807) is 17.6 Å². The lowest BCUT2D eigenvalue weighted by Crippen LogP contribution is -2.27. The Labute approximate surface area is 106 Å². The summed E-state index contributed by atoms with van der Waals surface area (Å²) < 4.78 is 5.33. The molecule has 0 aliphatic heterocycles. The minimum absolute atomic E-state index is 0.406. The number of nitrogens with one attached hydrogen (secondary N) is 1. The second-order valence-corrected chi connectivity index (χ2v) is 5.59. The van der Waals surface area contributed by atoms with Crippen LogP contribution in [0, 0.1) is 13.8 Å². The fourth-order valence-corrected chi connectivity index (χ4v) is 2.70. The number of nitrogens with zero attached hydrogens (tertiary/aromatic N) is 1. The molecule has 1 unspecified atom stereocenters. The van der Waals surface area contributed by atoms with E-state index in [2.05, 4.69) is 24.1 Å². The zero-order valence-corrected chi connectivity index (χ0v) is 11.3. The van der Waals surface area contributed by atoms with Gasteiger partial charge in [-0.05, 0) is 32.9 Å². The lowest BCUT2D eigenvalue weighted by molar-refractivity contribution is 0.457. The predicted molar refractivity (Wildman–Crippen MR) is 70.3 cm³/mol. The molecule has 0 radical (unpaired) electrons. The number of rotatable bonds is 5. The molecule has 2 aromatic rings. The summed E-state index contributed by atoms with van der Waals surface area (Å²) in [5.74, 6) is 1.03. The summed E-state index contributed by atoms with van der Waals surface area (Å²) in [6, 6.07) is 4.35. The molecule has 0 aromatic carbocycles. The van der Waals surface area contributed by atoms with E-state index in [0.717, 1.165) is 29.4 Å². The lowest BCUT2D eigenvalue weighted by atomic mass is 10.2. The molecule has 2 rings (SSSR count). The van der Waals surface area contributed by atoms with Crippen LogP contribution >= 0.6 is 11.3 Å². The maximum absolute atomic E-state index is 5.33. The Hall–Kier alpha value is -1.13. The zero-order chi connectivity index (χ0) is 12.3. The Morgan fingerprint density at radius 2 is 2.29 bits per heavy atom. The van der Waals surface area contributed by atoms with Crippen LogP contribution in [-0.2, 0) is 13.0 Å². The van der Waals surface area contributed by atoms with Crippen LogP contribution in [0.2, 0.25) is 0 Å². The quantitative estimate of drug-likeness (QED) is 0.886. The van der Waals surface area contributed by atoms with Gasteiger partial charge in [0.15, 0.2) is 0 Å². The molecule has 2 heterocycles. The SMILES string of the molecule is Cc1nc(C)c(CNC(C)Cc2ccco2)s1. The number of hydrogen-bond donors (Lipinski definition) is 1. The number of hydrogen-bond acceptors (Lipinski definition) is 4. The van der Waals surface area contributed by atoms with Crippen molar-refractivity contribution in [3.8, 4) is 0 Å². The van der Waals surface area contributed by atoms with Gasteiger partial charge in [-0.15, -0.1) is 11.3 Å². The van der Waals surface area contributed by atoms with Gasteiger partial charge in [-0.2, -0.15) is 0 Å². The maximum atomic E-state index is 5.33.